The van der Waals surface area contributed by atoms with Gasteiger partial charge >= 0.3 is 0 Å². The Hall–Kier alpha value is -0.343. The number of hydrogen-bond donors (Lipinski definition) is 0. The molecule has 0 aliphatic rings. The summed E-state index contributed by atoms with van der Waals surface area (Å²) < 4.78 is 11.1. The minimum atomic E-state index is -1.43. The average molecular weight is 214 g/mol. The Morgan fingerprint density at radius 1 is 1.21 bits per heavy atom. The molecule has 0 unspecified atom stereocenters. The lowest BCUT2D eigenvalue weighted by Gasteiger charge is -2.26. The molecule has 14 heavy (non-hydrogen) atoms. The lowest BCUT2D eigenvalue weighted by molar-refractivity contribution is -0.107. The maximum absolute atomic E-state index is 5.53. The highest BCUT2D eigenvalue weighted by atomic mass is 28.3. The van der Waals surface area contributed by atoms with Gasteiger partial charge in [0.15, 0.2) is 6.29 Å². The third-order valence-electron chi connectivity index (χ3n) is 1.87. The second kappa shape index (κ2) is 6.20. The van der Waals surface area contributed by atoms with Crippen LogP contribution in [0.1, 0.15) is 13.8 Å². The van der Waals surface area contributed by atoms with Crippen LogP contribution in [0, 0.1) is 0 Å². The van der Waals surface area contributed by atoms with Gasteiger partial charge in [-0.2, -0.15) is 0 Å². The monoisotopic (exact) mass is 214 g/mol. The van der Waals surface area contributed by atoms with Crippen LogP contribution in [0.15, 0.2) is 17.5 Å². The molecule has 0 N–H and O–H groups in total. The minimum Gasteiger partial charge on any atom is -0.349 e. The Labute approximate surface area is 88.6 Å². The van der Waals surface area contributed by atoms with E-state index in [0.717, 1.165) is 5.20 Å². The molecule has 0 fully saturated rings. The molecule has 0 saturated heterocycles. The van der Waals surface area contributed by atoms with Crippen LogP contribution in [0.3, 0.4) is 0 Å². The smallest absolute Gasteiger partial charge is 0.183 e. The summed E-state index contributed by atoms with van der Waals surface area (Å²) in [5.41, 5.74) is 2.99. The Bertz CT molecular complexity index is 206. The van der Waals surface area contributed by atoms with Crippen molar-refractivity contribution in [2.75, 3.05) is 13.2 Å². The van der Waals surface area contributed by atoms with Crippen molar-refractivity contribution >= 4 is 8.07 Å². The Morgan fingerprint density at radius 3 is 1.86 bits per heavy atom. The van der Waals surface area contributed by atoms with Gasteiger partial charge in [-0.1, -0.05) is 26.2 Å². The Balaban J connectivity index is 4.69. The van der Waals surface area contributed by atoms with E-state index in [1.54, 1.807) is 0 Å². The molecular weight excluding hydrogens is 192 g/mol. The zero-order chi connectivity index (χ0) is 11.2. The second-order valence-corrected chi connectivity index (χ2v) is 9.12. The van der Waals surface area contributed by atoms with Crippen LogP contribution in [-0.2, 0) is 9.47 Å². The van der Waals surface area contributed by atoms with Crippen molar-refractivity contribution in [2.45, 2.75) is 39.8 Å². The molecule has 0 aromatic carbocycles. The summed E-state index contributed by atoms with van der Waals surface area (Å²) in [6, 6.07) is 0. The largest absolute Gasteiger partial charge is 0.349 e. The van der Waals surface area contributed by atoms with E-state index in [-0.39, 0.29) is 6.29 Å². The molecule has 0 atom stereocenters. The van der Waals surface area contributed by atoms with Crippen LogP contribution in [0.2, 0.25) is 19.6 Å². The molecule has 0 aromatic rings. The molecular formula is C11H22O2Si. The lowest BCUT2D eigenvalue weighted by Crippen LogP contribution is -2.35. The van der Waals surface area contributed by atoms with Gasteiger partial charge in [0.05, 0.1) is 8.07 Å². The highest BCUT2D eigenvalue weighted by Gasteiger charge is 2.27. The van der Waals surface area contributed by atoms with Crippen LogP contribution in [0.5, 0.6) is 0 Å². The summed E-state index contributed by atoms with van der Waals surface area (Å²) in [6.45, 7) is 15.7. The zero-order valence-electron chi connectivity index (χ0n) is 10.0. The first-order chi connectivity index (χ1) is 6.47. The molecule has 0 spiro atoms. The molecule has 2 nitrogen and oxygen atoms in total. The van der Waals surface area contributed by atoms with Crippen LogP contribution < -0.4 is 0 Å². The number of rotatable bonds is 6. The van der Waals surface area contributed by atoms with Crippen LogP contribution in [0.25, 0.3) is 0 Å². The molecule has 0 aromatic heterocycles. The van der Waals surface area contributed by atoms with Crippen molar-refractivity contribution < 1.29 is 9.47 Å². The molecule has 0 bridgehead atoms. The van der Waals surface area contributed by atoms with Crippen molar-refractivity contribution in [3.05, 3.63) is 17.5 Å². The van der Waals surface area contributed by atoms with Gasteiger partial charge in [0, 0.05) is 18.4 Å². The molecule has 0 saturated carbocycles. The minimum absolute atomic E-state index is 0.242. The maximum Gasteiger partial charge on any atom is 0.183 e. The predicted molar refractivity (Wildman–Crippen MR) is 63.0 cm³/mol. The fraction of sp³-hybridized carbons (Fsp3) is 0.727. The fourth-order valence-electron chi connectivity index (χ4n) is 1.22. The van der Waals surface area contributed by atoms with E-state index >= 15 is 0 Å². The summed E-state index contributed by atoms with van der Waals surface area (Å²) >= 11 is 0. The summed E-state index contributed by atoms with van der Waals surface area (Å²) in [5.74, 6) is 0. The lowest BCUT2D eigenvalue weighted by atomic mass is 10.5. The SMILES string of the molecule is C=C=C(C(OCC)OCC)[Si](C)(C)C. The van der Waals surface area contributed by atoms with Crippen LogP contribution in [-0.4, -0.2) is 27.6 Å². The van der Waals surface area contributed by atoms with Gasteiger partial charge in [-0.3, -0.25) is 0 Å². The third-order valence-corrected chi connectivity index (χ3v) is 3.90. The van der Waals surface area contributed by atoms with E-state index in [1.165, 1.54) is 0 Å². The molecule has 3 heteroatoms. The predicted octanol–water partition coefficient (Wildman–Crippen LogP) is 2.97. The van der Waals surface area contributed by atoms with E-state index in [2.05, 4.69) is 32.0 Å². The quantitative estimate of drug-likeness (QED) is 0.384. The first-order valence-corrected chi connectivity index (χ1v) is 8.61. The molecule has 82 valence electrons. The first-order valence-electron chi connectivity index (χ1n) is 5.11. The van der Waals surface area contributed by atoms with E-state index < -0.39 is 8.07 Å². The van der Waals surface area contributed by atoms with E-state index in [9.17, 15) is 0 Å². The van der Waals surface area contributed by atoms with Gasteiger partial charge in [-0.05, 0) is 13.8 Å². The van der Waals surface area contributed by atoms with Gasteiger partial charge in [-0.25, -0.2) is 0 Å². The molecule has 0 aliphatic carbocycles. The average Bonchev–Trinajstić information content (AvgIpc) is 2.03. The zero-order valence-corrected chi connectivity index (χ0v) is 11.0. The molecule has 0 rings (SSSR count). The normalized spacial score (nSPS) is 11.6. The van der Waals surface area contributed by atoms with Crippen molar-refractivity contribution in [1.82, 2.24) is 0 Å². The topological polar surface area (TPSA) is 18.5 Å². The summed E-state index contributed by atoms with van der Waals surface area (Å²) in [7, 11) is -1.43. The number of hydrogen-bond acceptors (Lipinski definition) is 2. The van der Waals surface area contributed by atoms with Crippen molar-refractivity contribution in [3.63, 3.8) is 0 Å². The van der Waals surface area contributed by atoms with Crippen LogP contribution >= 0.6 is 0 Å². The summed E-state index contributed by atoms with van der Waals surface area (Å²) in [6.07, 6.45) is -0.242. The molecule has 0 aliphatic heterocycles. The van der Waals surface area contributed by atoms with Gasteiger partial charge in [0.1, 0.15) is 0 Å². The number of ether oxygens (including phenoxy) is 2. The highest BCUT2D eigenvalue weighted by Crippen LogP contribution is 2.20. The fourth-order valence-corrected chi connectivity index (χ4v) is 2.62. The first kappa shape index (κ1) is 13.7. The van der Waals surface area contributed by atoms with Gasteiger partial charge in [0.2, 0.25) is 0 Å². The molecule has 0 amide bonds. The van der Waals surface area contributed by atoms with Gasteiger partial charge in [-0.15, -0.1) is 5.73 Å². The second-order valence-electron chi connectivity index (χ2n) is 4.08. The standard InChI is InChI=1S/C11H22O2Si/c1-7-10(14(4,5)6)11(12-8-2)13-9-3/h11H,1,8-9H2,2-6H3. The highest BCUT2D eigenvalue weighted by molar-refractivity contribution is 6.83. The van der Waals surface area contributed by atoms with E-state index in [1.807, 2.05) is 13.8 Å². The summed E-state index contributed by atoms with van der Waals surface area (Å²) in [5, 5.41) is 1.11. The van der Waals surface area contributed by atoms with Crippen molar-refractivity contribution in [1.29, 1.82) is 0 Å². The van der Waals surface area contributed by atoms with Gasteiger partial charge in [0.25, 0.3) is 0 Å². The third kappa shape index (κ3) is 4.25. The van der Waals surface area contributed by atoms with Crippen LogP contribution in [0.4, 0.5) is 0 Å². The Kier molecular flexibility index (Phi) is 6.05. The van der Waals surface area contributed by atoms with Crippen molar-refractivity contribution in [3.8, 4) is 0 Å². The summed E-state index contributed by atoms with van der Waals surface area (Å²) in [4.78, 5) is 0. The maximum atomic E-state index is 5.53. The molecule has 0 heterocycles. The van der Waals surface area contributed by atoms with Gasteiger partial charge < -0.3 is 9.47 Å². The van der Waals surface area contributed by atoms with E-state index in [4.69, 9.17) is 9.47 Å². The molecule has 0 radical (unpaired) electrons. The van der Waals surface area contributed by atoms with E-state index in [0.29, 0.717) is 13.2 Å². The van der Waals surface area contributed by atoms with Crippen molar-refractivity contribution in [2.24, 2.45) is 0 Å². The Morgan fingerprint density at radius 2 is 1.64 bits per heavy atom.